The quantitative estimate of drug-likeness (QED) is 0.614. The topological polar surface area (TPSA) is 73.0 Å². The maximum atomic E-state index is 12.4. The van der Waals surface area contributed by atoms with E-state index in [1.165, 1.54) is 25.3 Å². The molecule has 0 radical (unpaired) electrons. The fourth-order valence-corrected chi connectivity index (χ4v) is 4.59. The van der Waals surface area contributed by atoms with Crippen molar-refractivity contribution in [2.24, 2.45) is 0 Å². The van der Waals surface area contributed by atoms with Crippen molar-refractivity contribution in [2.75, 3.05) is 58.1 Å². The first-order chi connectivity index (χ1) is 16.8. The molecule has 3 unspecified atom stereocenters. The van der Waals surface area contributed by atoms with Gasteiger partial charge in [-0.2, -0.15) is 13.2 Å². The van der Waals surface area contributed by atoms with E-state index in [9.17, 15) is 18.0 Å². The molecule has 1 aromatic rings. The maximum absolute atomic E-state index is 12.4. The second-order valence-electron chi connectivity index (χ2n) is 8.71. The number of anilines is 1. The number of hydrogen-bond donors (Lipinski definition) is 2. The lowest BCUT2D eigenvalue weighted by Crippen LogP contribution is -2.53. The minimum atomic E-state index is -4.36. The van der Waals surface area contributed by atoms with Crippen LogP contribution >= 0.6 is 0 Å². The number of hydrogen-bond acceptors (Lipinski definition) is 7. The van der Waals surface area contributed by atoms with Crippen LogP contribution in [0.4, 0.5) is 19.0 Å². The number of fused-ring (bicyclic) bond motifs is 1. The molecule has 3 fully saturated rings. The first-order valence-corrected chi connectivity index (χ1v) is 12.5. The van der Waals surface area contributed by atoms with Gasteiger partial charge >= 0.3 is 6.18 Å². The van der Waals surface area contributed by atoms with Crippen molar-refractivity contribution in [1.82, 2.24) is 25.4 Å². The molecule has 0 bridgehead atoms. The fraction of sp³-hybridized carbons (Fsp3) is 0.750. The third-order valence-corrected chi connectivity index (χ3v) is 6.48. The highest BCUT2D eigenvalue weighted by Crippen LogP contribution is 2.29. The average Bonchev–Trinajstić information content (AvgIpc) is 3.06. The molecule has 3 aliphatic rings. The third kappa shape index (κ3) is 8.89. The van der Waals surface area contributed by atoms with E-state index >= 15 is 0 Å². The second-order valence-corrected chi connectivity index (χ2v) is 8.71. The molecular weight excluding hydrogens is 461 g/mol. The Balaban J connectivity index is 0.000000234. The molecule has 3 atom stereocenters. The van der Waals surface area contributed by atoms with Gasteiger partial charge < -0.3 is 19.9 Å². The van der Waals surface area contributed by atoms with Crippen molar-refractivity contribution in [1.29, 1.82) is 0 Å². The molecule has 0 aromatic carbocycles. The van der Waals surface area contributed by atoms with Gasteiger partial charge in [0.2, 0.25) is 6.41 Å². The van der Waals surface area contributed by atoms with E-state index in [2.05, 4.69) is 34.5 Å². The van der Waals surface area contributed by atoms with Crippen LogP contribution in [0, 0.1) is 0 Å². The minimum absolute atomic E-state index is 0.508. The van der Waals surface area contributed by atoms with Crippen LogP contribution in [-0.2, 0) is 15.7 Å². The van der Waals surface area contributed by atoms with Crippen molar-refractivity contribution in [3.63, 3.8) is 0 Å². The Hall–Kier alpha value is -1.95. The van der Waals surface area contributed by atoms with Crippen molar-refractivity contribution < 1.29 is 22.7 Å². The number of pyridine rings is 1. The normalized spacial score (nSPS) is 25.3. The van der Waals surface area contributed by atoms with Crippen LogP contribution < -0.4 is 15.5 Å². The lowest BCUT2D eigenvalue weighted by atomic mass is 9.86. The molecule has 200 valence electrons. The van der Waals surface area contributed by atoms with Crippen LogP contribution in [-0.4, -0.2) is 92.6 Å². The molecule has 1 saturated carbocycles. The summed E-state index contributed by atoms with van der Waals surface area (Å²) < 4.78 is 42.6. The van der Waals surface area contributed by atoms with Gasteiger partial charge in [0.25, 0.3) is 0 Å². The second kappa shape index (κ2) is 14.6. The number of ether oxygens (including phenoxy) is 1. The zero-order valence-electron chi connectivity index (χ0n) is 21.4. The van der Waals surface area contributed by atoms with Crippen LogP contribution in [0.1, 0.15) is 45.6 Å². The van der Waals surface area contributed by atoms with Crippen LogP contribution in [0.3, 0.4) is 0 Å². The molecule has 0 spiro atoms. The number of amides is 1. The highest BCUT2D eigenvalue weighted by atomic mass is 19.4. The van der Waals surface area contributed by atoms with Gasteiger partial charge in [-0.3, -0.25) is 15.0 Å². The molecule has 8 nitrogen and oxygen atoms in total. The number of rotatable bonds is 4. The first-order valence-electron chi connectivity index (χ1n) is 12.5. The summed E-state index contributed by atoms with van der Waals surface area (Å²) in [6.07, 6.45) is 1.04. The van der Waals surface area contributed by atoms with Crippen LogP contribution in [0.25, 0.3) is 0 Å². The SMILES string of the molecule is CC.CCNC1CCC2NCOCN(C)C2C1.O=CN1CCN(c2ccc(C(F)(F)F)cn2)CC1. The Morgan fingerprint density at radius 1 is 1.20 bits per heavy atom. The van der Waals surface area contributed by atoms with Crippen molar-refractivity contribution in [2.45, 2.75) is 64.3 Å². The number of aromatic nitrogens is 1. The smallest absolute Gasteiger partial charge is 0.353 e. The zero-order chi connectivity index (χ0) is 25.8. The van der Waals surface area contributed by atoms with Gasteiger partial charge in [-0.1, -0.05) is 20.8 Å². The Morgan fingerprint density at radius 3 is 2.49 bits per heavy atom. The van der Waals surface area contributed by atoms with E-state index in [0.717, 1.165) is 31.9 Å². The lowest BCUT2D eigenvalue weighted by molar-refractivity contribution is -0.137. The van der Waals surface area contributed by atoms with Crippen molar-refractivity contribution in [3.8, 4) is 0 Å². The van der Waals surface area contributed by atoms with Gasteiger partial charge in [0.05, 0.1) is 12.3 Å². The molecule has 1 aliphatic carbocycles. The average molecular weight is 503 g/mol. The van der Waals surface area contributed by atoms with Gasteiger partial charge in [-0.05, 0) is 45.0 Å². The van der Waals surface area contributed by atoms with E-state index < -0.39 is 11.7 Å². The fourth-order valence-electron chi connectivity index (χ4n) is 4.59. The Morgan fingerprint density at radius 2 is 1.91 bits per heavy atom. The summed E-state index contributed by atoms with van der Waals surface area (Å²) in [6.45, 7) is 11.0. The molecule has 11 heteroatoms. The molecule has 3 heterocycles. The molecule has 35 heavy (non-hydrogen) atoms. The van der Waals surface area contributed by atoms with Crippen molar-refractivity contribution >= 4 is 12.2 Å². The largest absolute Gasteiger partial charge is 0.417 e. The maximum Gasteiger partial charge on any atom is 0.417 e. The van der Waals surface area contributed by atoms with Gasteiger partial charge in [0, 0.05) is 50.5 Å². The predicted octanol–water partition coefficient (Wildman–Crippen LogP) is 2.76. The highest BCUT2D eigenvalue weighted by molar-refractivity contribution is 5.49. The summed E-state index contributed by atoms with van der Waals surface area (Å²) in [5, 5.41) is 7.05. The number of alkyl halides is 3. The van der Waals surface area contributed by atoms with E-state index in [1.807, 2.05) is 18.7 Å². The lowest BCUT2D eigenvalue weighted by Gasteiger charge is -2.39. The molecule has 1 amide bonds. The molecule has 2 N–H and O–H groups in total. The summed E-state index contributed by atoms with van der Waals surface area (Å²) in [7, 11) is 2.17. The molecule has 1 aromatic heterocycles. The summed E-state index contributed by atoms with van der Waals surface area (Å²) in [4.78, 5) is 20.2. The standard InChI is InChI=1S/C11H12F3N3O.C11H23N3O.C2H6/c12-11(13,14)9-1-2-10(15-7-9)17-5-3-16(8-18)4-6-17;1-3-12-9-4-5-10-11(6-9)14(2)8-15-7-13-10;1-2/h1-2,7-8H,3-6H2;9-13H,3-8H2,1-2H3;1-2H3. The number of piperazine rings is 1. The monoisotopic (exact) mass is 502 g/mol. The number of carbonyl (C=O) groups is 1. The number of likely N-dealkylation sites (N-methyl/N-ethyl adjacent to an activating group) is 1. The van der Waals surface area contributed by atoms with E-state index in [4.69, 9.17) is 4.74 Å². The molecule has 2 saturated heterocycles. The summed E-state index contributed by atoms with van der Waals surface area (Å²) in [6, 6.07) is 4.32. The first kappa shape index (κ1) is 29.3. The zero-order valence-corrected chi connectivity index (χ0v) is 21.4. The van der Waals surface area contributed by atoms with Gasteiger partial charge in [0.1, 0.15) is 12.5 Å². The number of nitrogens with zero attached hydrogens (tertiary/aromatic N) is 4. The van der Waals surface area contributed by atoms with Crippen LogP contribution in [0.2, 0.25) is 0 Å². The Kier molecular flexibility index (Phi) is 12.2. The van der Waals surface area contributed by atoms with Gasteiger partial charge in [-0.25, -0.2) is 4.98 Å². The number of carbonyl (C=O) groups excluding carboxylic acids is 1. The van der Waals surface area contributed by atoms with Crippen LogP contribution in [0.15, 0.2) is 18.3 Å². The Labute approximate surface area is 207 Å². The van der Waals surface area contributed by atoms with Gasteiger partial charge in [-0.15, -0.1) is 0 Å². The third-order valence-electron chi connectivity index (χ3n) is 6.48. The summed E-state index contributed by atoms with van der Waals surface area (Å²) >= 11 is 0. The van der Waals surface area contributed by atoms with Crippen molar-refractivity contribution in [3.05, 3.63) is 23.9 Å². The van der Waals surface area contributed by atoms with E-state index in [1.54, 1.807) is 4.90 Å². The summed E-state index contributed by atoms with van der Waals surface area (Å²) in [5.41, 5.74) is -0.752. The Bertz CT molecular complexity index is 729. The summed E-state index contributed by atoms with van der Waals surface area (Å²) in [5.74, 6) is 0.508. The molecule has 4 rings (SSSR count). The molecular formula is C24H41F3N6O2. The minimum Gasteiger partial charge on any atom is -0.353 e. The highest BCUT2D eigenvalue weighted by Gasteiger charge is 2.34. The van der Waals surface area contributed by atoms with Crippen LogP contribution in [0.5, 0.6) is 0 Å². The van der Waals surface area contributed by atoms with E-state index in [-0.39, 0.29) is 0 Å². The van der Waals surface area contributed by atoms with Gasteiger partial charge in [0.15, 0.2) is 0 Å². The number of halogens is 3. The number of nitrogens with one attached hydrogen (secondary N) is 2. The molecule has 2 aliphatic heterocycles. The predicted molar refractivity (Wildman–Crippen MR) is 131 cm³/mol. The van der Waals surface area contributed by atoms with E-state index in [0.29, 0.717) is 56.9 Å².